The molecule has 3 atom stereocenters. The zero-order valence-corrected chi connectivity index (χ0v) is 14.9. The summed E-state index contributed by atoms with van der Waals surface area (Å²) in [5.41, 5.74) is 3.71. The monoisotopic (exact) mass is 325 g/mol. The average molecular weight is 325 g/mol. The summed E-state index contributed by atoms with van der Waals surface area (Å²) in [5, 5.41) is 3.83. The highest BCUT2D eigenvalue weighted by atomic mass is 16.5. The Morgan fingerprint density at radius 2 is 1.92 bits per heavy atom. The second-order valence-electron chi connectivity index (χ2n) is 8.80. The summed E-state index contributed by atoms with van der Waals surface area (Å²) in [5.74, 6) is 2.79. The number of piperidine rings is 1. The van der Waals surface area contributed by atoms with Crippen molar-refractivity contribution in [3.63, 3.8) is 0 Å². The van der Waals surface area contributed by atoms with E-state index in [9.17, 15) is 0 Å². The largest absolute Gasteiger partial charge is 0.493 e. The van der Waals surface area contributed by atoms with E-state index >= 15 is 0 Å². The van der Waals surface area contributed by atoms with E-state index in [2.05, 4.69) is 23.5 Å². The van der Waals surface area contributed by atoms with Gasteiger partial charge in [0.25, 0.3) is 0 Å². The highest BCUT2D eigenvalue weighted by Gasteiger charge is 2.51. The molecule has 130 valence electrons. The van der Waals surface area contributed by atoms with Gasteiger partial charge in [-0.2, -0.15) is 0 Å². The zero-order chi connectivity index (χ0) is 16.0. The topological polar surface area (TPSA) is 21.3 Å². The van der Waals surface area contributed by atoms with Gasteiger partial charge in [-0.25, -0.2) is 0 Å². The van der Waals surface area contributed by atoms with Crippen molar-refractivity contribution in [2.24, 2.45) is 11.8 Å². The Morgan fingerprint density at radius 1 is 1.04 bits per heavy atom. The van der Waals surface area contributed by atoms with Crippen LogP contribution in [0, 0.1) is 11.8 Å². The van der Waals surface area contributed by atoms with E-state index in [0.717, 1.165) is 30.2 Å². The molecule has 3 fully saturated rings. The minimum absolute atomic E-state index is 0.453. The Kier molecular flexibility index (Phi) is 3.85. The maximum absolute atomic E-state index is 6.25. The summed E-state index contributed by atoms with van der Waals surface area (Å²) in [4.78, 5) is 0. The van der Waals surface area contributed by atoms with Crippen molar-refractivity contribution >= 4 is 0 Å². The number of hydrogen-bond acceptors (Lipinski definition) is 2. The molecule has 1 heterocycles. The Labute approximate surface area is 146 Å². The van der Waals surface area contributed by atoms with Crippen molar-refractivity contribution in [3.8, 4) is 5.75 Å². The van der Waals surface area contributed by atoms with Crippen LogP contribution in [0.1, 0.15) is 68.9 Å². The van der Waals surface area contributed by atoms with Crippen LogP contribution < -0.4 is 10.1 Å². The van der Waals surface area contributed by atoms with E-state index in [-0.39, 0.29) is 0 Å². The minimum Gasteiger partial charge on any atom is -0.493 e. The van der Waals surface area contributed by atoms with Gasteiger partial charge in [0.2, 0.25) is 0 Å². The van der Waals surface area contributed by atoms with Gasteiger partial charge in [0.1, 0.15) is 5.75 Å². The third kappa shape index (κ3) is 2.41. The van der Waals surface area contributed by atoms with Crippen molar-refractivity contribution < 1.29 is 4.74 Å². The van der Waals surface area contributed by atoms with Crippen molar-refractivity contribution in [2.45, 2.75) is 75.7 Å². The Balaban J connectivity index is 1.44. The first-order chi connectivity index (χ1) is 11.9. The normalized spacial score (nSPS) is 35.3. The maximum atomic E-state index is 6.25. The van der Waals surface area contributed by atoms with E-state index in [4.69, 9.17) is 4.74 Å². The van der Waals surface area contributed by atoms with E-state index in [1.165, 1.54) is 70.8 Å². The molecule has 4 aliphatic rings. The second-order valence-corrected chi connectivity index (χ2v) is 8.80. The van der Waals surface area contributed by atoms with Gasteiger partial charge in [-0.1, -0.05) is 31.7 Å². The van der Waals surface area contributed by atoms with Gasteiger partial charge in [-0.15, -0.1) is 0 Å². The minimum atomic E-state index is 0.453. The van der Waals surface area contributed by atoms with Gasteiger partial charge >= 0.3 is 0 Å². The van der Waals surface area contributed by atoms with Gasteiger partial charge in [0.05, 0.1) is 6.61 Å². The number of benzene rings is 1. The average Bonchev–Trinajstić information content (AvgIpc) is 3.14. The molecule has 2 nitrogen and oxygen atoms in total. The van der Waals surface area contributed by atoms with Crippen molar-refractivity contribution in [1.82, 2.24) is 5.32 Å². The smallest absolute Gasteiger partial charge is 0.119 e. The van der Waals surface area contributed by atoms with Crippen LogP contribution >= 0.6 is 0 Å². The molecule has 0 spiro atoms. The fraction of sp³-hybridized carbons (Fsp3) is 0.727. The van der Waals surface area contributed by atoms with E-state index in [0.29, 0.717) is 5.41 Å². The molecule has 5 rings (SSSR count). The summed E-state index contributed by atoms with van der Waals surface area (Å²) < 4.78 is 6.25. The molecule has 1 aromatic carbocycles. The molecule has 2 heteroatoms. The summed E-state index contributed by atoms with van der Waals surface area (Å²) in [7, 11) is 0. The molecule has 0 unspecified atom stereocenters. The molecule has 0 aromatic heterocycles. The Hall–Kier alpha value is -1.02. The summed E-state index contributed by atoms with van der Waals surface area (Å²) >= 11 is 0. The van der Waals surface area contributed by atoms with E-state index in [1.54, 1.807) is 11.1 Å². The molecule has 24 heavy (non-hydrogen) atoms. The Morgan fingerprint density at radius 3 is 2.83 bits per heavy atom. The van der Waals surface area contributed by atoms with Crippen LogP contribution in [0.5, 0.6) is 5.75 Å². The number of hydrogen-bond donors (Lipinski definition) is 1. The summed E-state index contributed by atoms with van der Waals surface area (Å²) in [6.07, 6.45) is 13.7. The lowest BCUT2D eigenvalue weighted by molar-refractivity contribution is 0.0794. The van der Waals surface area contributed by atoms with Crippen molar-refractivity contribution in [3.05, 3.63) is 29.3 Å². The van der Waals surface area contributed by atoms with Crippen LogP contribution in [0.25, 0.3) is 0 Å². The SMILES string of the molecule is c1cc2c(cc1OCC1CCCC1)[C@@]13CCCC[C@H]1[C@@H](C2)NCC3. The van der Waals surface area contributed by atoms with Gasteiger partial charge in [-0.05, 0) is 80.2 Å². The molecule has 2 saturated carbocycles. The van der Waals surface area contributed by atoms with Gasteiger partial charge in [0, 0.05) is 11.5 Å². The lowest BCUT2D eigenvalue weighted by Gasteiger charge is -2.56. The van der Waals surface area contributed by atoms with Crippen LogP contribution in [0.2, 0.25) is 0 Å². The molecular formula is C22H31NO. The van der Waals surface area contributed by atoms with Crippen LogP contribution in [0.15, 0.2) is 18.2 Å². The number of rotatable bonds is 3. The molecule has 3 aliphatic carbocycles. The number of fused-ring (bicyclic) bond motifs is 1. The highest BCUT2D eigenvalue weighted by Crippen LogP contribution is 2.54. The first-order valence-electron chi connectivity index (χ1n) is 10.3. The van der Waals surface area contributed by atoms with Crippen molar-refractivity contribution in [2.75, 3.05) is 13.2 Å². The lowest BCUT2D eigenvalue weighted by Crippen LogP contribution is -2.59. The zero-order valence-electron chi connectivity index (χ0n) is 14.9. The highest BCUT2D eigenvalue weighted by molar-refractivity contribution is 5.45. The predicted molar refractivity (Wildman–Crippen MR) is 97.6 cm³/mol. The molecule has 0 amide bonds. The second kappa shape index (κ2) is 6.05. The number of nitrogens with one attached hydrogen (secondary N) is 1. The Bertz CT molecular complexity index is 602. The standard InChI is InChI=1S/C22H31NO/c1-2-6-16(5-1)15-24-18-9-8-17-13-21-19-7-3-4-10-22(19,11-12-23-21)20(17)14-18/h8-9,14,16,19,21,23H,1-7,10-13,15H2/t19-,21+,22+/m0/s1. The van der Waals surface area contributed by atoms with Crippen LogP contribution in [-0.4, -0.2) is 19.2 Å². The lowest BCUT2D eigenvalue weighted by atomic mass is 9.53. The maximum Gasteiger partial charge on any atom is 0.119 e. The van der Waals surface area contributed by atoms with E-state index < -0.39 is 0 Å². The molecule has 2 bridgehead atoms. The van der Waals surface area contributed by atoms with Gasteiger partial charge < -0.3 is 10.1 Å². The van der Waals surface area contributed by atoms with Crippen LogP contribution in [-0.2, 0) is 11.8 Å². The van der Waals surface area contributed by atoms with Crippen LogP contribution in [0.4, 0.5) is 0 Å². The predicted octanol–water partition coefficient (Wildman–Crippen LogP) is 4.60. The summed E-state index contributed by atoms with van der Waals surface area (Å²) in [6, 6.07) is 7.79. The molecule has 1 N–H and O–H groups in total. The quantitative estimate of drug-likeness (QED) is 0.877. The molecular weight excluding hydrogens is 294 g/mol. The summed E-state index contributed by atoms with van der Waals surface area (Å²) in [6.45, 7) is 2.13. The van der Waals surface area contributed by atoms with Crippen LogP contribution in [0.3, 0.4) is 0 Å². The van der Waals surface area contributed by atoms with E-state index in [1.807, 2.05) is 0 Å². The molecule has 1 saturated heterocycles. The fourth-order valence-corrected chi connectivity index (χ4v) is 6.38. The molecule has 1 aliphatic heterocycles. The van der Waals surface area contributed by atoms with Crippen molar-refractivity contribution in [1.29, 1.82) is 0 Å². The number of ether oxygens (including phenoxy) is 1. The molecule has 0 radical (unpaired) electrons. The molecule has 1 aromatic rings. The first-order valence-corrected chi connectivity index (χ1v) is 10.3. The van der Waals surface area contributed by atoms with Gasteiger partial charge in [0.15, 0.2) is 0 Å². The third-order valence-corrected chi connectivity index (χ3v) is 7.58. The third-order valence-electron chi connectivity index (χ3n) is 7.58. The fourth-order valence-electron chi connectivity index (χ4n) is 6.38. The first kappa shape index (κ1) is 15.3. The van der Waals surface area contributed by atoms with Gasteiger partial charge in [-0.3, -0.25) is 0 Å².